The summed E-state index contributed by atoms with van der Waals surface area (Å²) in [5.74, 6) is 0.177. The fourth-order valence-corrected chi connectivity index (χ4v) is 2.84. The van der Waals surface area contributed by atoms with Gasteiger partial charge in [0.15, 0.2) is 0 Å². The second kappa shape index (κ2) is 5.10. The Kier molecular flexibility index (Phi) is 3.32. The fourth-order valence-electron chi connectivity index (χ4n) is 2.84. The van der Waals surface area contributed by atoms with E-state index in [1.165, 1.54) is 25.7 Å². The predicted octanol–water partition coefficient (Wildman–Crippen LogP) is 0.930. The van der Waals surface area contributed by atoms with Gasteiger partial charge in [0, 0.05) is 19.3 Å². The number of piperazine rings is 1. The second-order valence-corrected chi connectivity index (χ2v) is 5.22. The van der Waals surface area contributed by atoms with Crippen LogP contribution < -0.4 is 5.32 Å². The molecule has 1 aliphatic heterocycles. The molecule has 2 fully saturated rings. The van der Waals surface area contributed by atoms with Crippen molar-refractivity contribution in [1.82, 2.24) is 20.0 Å². The maximum absolute atomic E-state index is 11.7. The van der Waals surface area contributed by atoms with E-state index in [4.69, 9.17) is 0 Å². The zero-order valence-corrected chi connectivity index (χ0v) is 10.6. The molecule has 1 N–H and O–H groups in total. The molecular weight excluding hydrogens is 228 g/mol. The van der Waals surface area contributed by atoms with Crippen molar-refractivity contribution in [2.75, 3.05) is 19.6 Å². The third-order valence-electron chi connectivity index (χ3n) is 3.90. The smallest absolute Gasteiger partial charge is 0.236 e. The fraction of sp³-hybridized carbons (Fsp3) is 0.692. The highest BCUT2D eigenvalue weighted by molar-refractivity contribution is 5.78. The minimum atomic E-state index is 0.177. The SMILES string of the molecule is O=C1CNCCN1Cc1ccn(C2CCCC2)n1. The average Bonchev–Trinajstić information content (AvgIpc) is 3.02. The van der Waals surface area contributed by atoms with Gasteiger partial charge in [-0.05, 0) is 18.9 Å². The molecule has 1 saturated carbocycles. The number of carbonyl (C=O) groups is 1. The summed E-state index contributed by atoms with van der Waals surface area (Å²) < 4.78 is 2.09. The molecule has 1 amide bonds. The summed E-state index contributed by atoms with van der Waals surface area (Å²) in [5, 5.41) is 7.71. The number of nitrogens with one attached hydrogen (secondary N) is 1. The summed E-state index contributed by atoms with van der Waals surface area (Å²) in [4.78, 5) is 13.6. The van der Waals surface area contributed by atoms with E-state index in [9.17, 15) is 4.79 Å². The van der Waals surface area contributed by atoms with Crippen LogP contribution in [0.25, 0.3) is 0 Å². The summed E-state index contributed by atoms with van der Waals surface area (Å²) in [7, 11) is 0. The largest absolute Gasteiger partial charge is 0.334 e. The van der Waals surface area contributed by atoms with Gasteiger partial charge in [0.25, 0.3) is 0 Å². The molecule has 0 bridgehead atoms. The number of amides is 1. The predicted molar refractivity (Wildman–Crippen MR) is 68.0 cm³/mol. The quantitative estimate of drug-likeness (QED) is 0.865. The maximum atomic E-state index is 11.7. The van der Waals surface area contributed by atoms with Gasteiger partial charge >= 0.3 is 0 Å². The molecule has 2 aliphatic rings. The number of carbonyl (C=O) groups excluding carboxylic acids is 1. The van der Waals surface area contributed by atoms with Crippen LogP contribution in [-0.2, 0) is 11.3 Å². The molecule has 2 heterocycles. The molecule has 98 valence electrons. The van der Waals surface area contributed by atoms with Gasteiger partial charge in [0.05, 0.1) is 24.8 Å². The molecule has 0 radical (unpaired) electrons. The van der Waals surface area contributed by atoms with Gasteiger partial charge in [-0.3, -0.25) is 9.48 Å². The van der Waals surface area contributed by atoms with E-state index < -0.39 is 0 Å². The lowest BCUT2D eigenvalue weighted by Gasteiger charge is -2.26. The zero-order chi connectivity index (χ0) is 12.4. The first-order valence-corrected chi connectivity index (χ1v) is 6.85. The molecule has 0 aromatic carbocycles. The van der Waals surface area contributed by atoms with Crippen LogP contribution in [0.15, 0.2) is 12.3 Å². The molecule has 5 heteroatoms. The van der Waals surface area contributed by atoms with Gasteiger partial charge in [-0.2, -0.15) is 5.10 Å². The van der Waals surface area contributed by atoms with Crippen LogP contribution in [0.2, 0.25) is 0 Å². The highest BCUT2D eigenvalue weighted by Gasteiger charge is 2.20. The van der Waals surface area contributed by atoms with Crippen molar-refractivity contribution < 1.29 is 4.79 Å². The van der Waals surface area contributed by atoms with Crippen molar-refractivity contribution in [3.8, 4) is 0 Å². The van der Waals surface area contributed by atoms with Crippen molar-refractivity contribution in [2.45, 2.75) is 38.3 Å². The van der Waals surface area contributed by atoms with Crippen molar-refractivity contribution in [2.24, 2.45) is 0 Å². The first kappa shape index (κ1) is 11.7. The summed E-state index contributed by atoms with van der Waals surface area (Å²) in [6.07, 6.45) is 7.19. The number of rotatable bonds is 3. The monoisotopic (exact) mass is 248 g/mol. The number of hydrogen-bond donors (Lipinski definition) is 1. The first-order valence-electron chi connectivity index (χ1n) is 6.85. The molecular formula is C13H20N4O. The van der Waals surface area contributed by atoms with Crippen LogP contribution in [0, 0.1) is 0 Å². The summed E-state index contributed by atoms with van der Waals surface area (Å²) in [6, 6.07) is 2.63. The van der Waals surface area contributed by atoms with E-state index in [0.717, 1.165) is 18.8 Å². The Bertz CT molecular complexity index is 422. The molecule has 1 aliphatic carbocycles. The molecule has 0 spiro atoms. The molecule has 0 atom stereocenters. The molecule has 5 nitrogen and oxygen atoms in total. The Morgan fingerprint density at radius 1 is 1.39 bits per heavy atom. The summed E-state index contributed by atoms with van der Waals surface area (Å²) in [6.45, 7) is 2.79. The molecule has 1 aromatic heterocycles. The van der Waals surface area contributed by atoms with E-state index in [-0.39, 0.29) is 5.91 Å². The van der Waals surface area contributed by atoms with Gasteiger partial charge in [0.2, 0.25) is 5.91 Å². The lowest BCUT2D eigenvalue weighted by molar-refractivity contribution is -0.132. The van der Waals surface area contributed by atoms with E-state index in [1.54, 1.807) is 0 Å². The molecule has 18 heavy (non-hydrogen) atoms. The van der Waals surface area contributed by atoms with Gasteiger partial charge in [-0.25, -0.2) is 0 Å². The topological polar surface area (TPSA) is 50.2 Å². The van der Waals surface area contributed by atoms with E-state index >= 15 is 0 Å². The highest BCUT2D eigenvalue weighted by Crippen LogP contribution is 2.28. The van der Waals surface area contributed by atoms with Gasteiger partial charge in [-0.1, -0.05) is 12.8 Å². The standard InChI is InChI=1S/C13H20N4O/c18-13-9-14-6-8-16(13)10-11-5-7-17(15-11)12-3-1-2-4-12/h5,7,12,14H,1-4,6,8-10H2. The summed E-state index contributed by atoms with van der Waals surface area (Å²) in [5.41, 5.74) is 1.01. The third-order valence-corrected chi connectivity index (χ3v) is 3.90. The van der Waals surface area contributed by atoms with Gasteiger partial charge < -0.3 is 10.2 Å². The number of aromatic nitrogens is 2. The highest BCUT2D eigenvalue weighted by atomic mass is 16.2. The number of hydrogen-bond acceptors (Lipinski definition) is 3. The zero-order valence-electron chi connectivity index (χ0n) is 10.6. The van der Waals surface area contributed by atoms with Crippen LogP contribution in [-0.4, -0.2) is 40.2 Å². The van der Waals surface area contributed by atoms with Crippen LogP contribution in [0.1, 0.15) is 37.4 Å². The van der Waals surface area contributed by atoms with Crippen molar-refractivity contribution in [3.05, 3.63) is 18.0 Å². The molecule has 0 unspecified atom stereocenters. The van der Waals surface area contributed by atoms with Crippen LogP contribution in [0.5, 0.6) is 0 Å². The lowest BCUT2D eigenvalue weighted by Crippen LogP contribution is -2.47. The molecule has 3 rings (SSSR count). The van der Waals surface area contributed by atoms with Crippen LogP contribution in [0.4, 0.5) is 0 Å². The summed E-state index contributed by atoms with van der Waals surface area (Å²) >= 11 is 0. The van der Waals surface area contributed by atoms with Crippen LogP contribution in [0.3, 0.4) is 0 Å². The minimum Gasteiger partial charge on any atom is -0.334 e. The first-order chi connectivity index (χ1) is 8.83. The Balaban J connectivity index is 1.64. The second-order valence-electron chi connectivity index (χ2n) is 5.22. The number of nitrogens with zero attached hydrogens (tertiary/aromatic N) is 3. The van der Waals surface area contributed by atoms with Gasteiger partial charge in [-0.15, -0.1) is 0 Å². The maximum Gasteiger partial charge on any atom is 0.236 e. The minimum absolute atomic E-state index is 0.177. The van der Waals surface area contributed by atoms with E-state index in [1.807, 2.05) is 11.0 Å². The third kappa shape index (κ3) is 2.41. The van der Waals surface area contributed by atoms with E-state index in [0.29, 0.717) is 19.1 Å². The lowest BCUT2D eigenvalue weighted by atomic mass is 10.3. The van der Waals surface area contributed by atoms with Crippen molar-refractivity contribution >= 4 is 5.91 Å². The Morgan fingerprint density at radius 2 is 2.22 bits per heavy atom. The Morgan fingerprint density at radius 3 is 3.00 bits per heavy atom. The van der Waals surface area contributed by atoms with E-state index in [2.05, 4.69) is 21.3 Å². The Labute approximate surface area is 107 Å². The normalized spacial score (nSPS) is 21.8. The van der Waals surface area contributed by atoms with Crippen LogP contribution >= 0.6 is 0 Å². The van der Waals surface area contributed by atoms with Crippen molar-refractivity contribution in [3.63, 3.8) is 0 Å². The van der Waals surface area contributed by atoms with Gasteiger partial charge in [0.1, 0.15) is 0 Å². The Hall–Kier alpha value is -1.36. The average molecular weight is 248 g/mol. The molecule has 1 aromatic rings. The van der Waals surface area contributed by atoms with Crippen molar-refractivity contribution in [1.29, 1.82) is 0 Å². The molecule has 1 saturated heterocycles.